The second-order valence-corrected chi connectivity index (χ2v) is 13.2. The highest BCUT2D eigenvalue weighted by Gasteiger charge is 2.25. The maximum atomic E-state index is 12.5. The zero-order valence-electron chi connectivity index (χ0n) is 29.7. The van der Waals surface area contributed by atoms with Gasteiger partial charge in [-0.2, -0.15) is 0 Å². The van der Waals surface area contributed by atoms with Crippen molar-refractivity contribution in [3.8, 4) is 0 Å². The topological polar surface area (TPSA) is 117 Å². The summed E-state index contributed by atoms with van der Waals surface area (Å²) in [5, 5.41) is 0. The lowest BCUT2D eigenvalue weighted by Crippen LogP contribution is -2.28. The van der Waals surface area contributed by atoms with Gasteiger partial charge in [0.25, 0.3) is 0 Å². The SMILES string of the molecule is CC/C=C\C/C=C\C/C=C\C/C=C\C/C=C\CCCCCCCC(=O)OC(COCCCCCCCCC)COP(=O)(O)OCCN. The Morgan fingerprint density at radius 1 is 0.660 bits per heavy atom. The third-order valence-corrected chi connectivity index (χ3v) is 8.18. The van der Waals surface area contributed by atoms with Crippen LogP contribution in [0.5, 0.6) is 0 Å². The maximum absolute atomic E-state index is 12.5. The standard InChI is InChI=1S/C38H68NO7P/c1-3-5-7-9-11-12-13-14-15-16-17-18-19-20-21-22-23-24-25-27-29-31-38(40)46-37(36-45-47(41,42)44-34-32-39)35-43-33-30-28-26-10-8-6-4-2/h5,7,11-12,14-15,17-18,20-21,37H,3-4,6,8-10,13,16,19,22-36,39H2,1-2H3,(H,41,42)/b7-5-,12-11-,15-14-,18-17-,21-20-. The number of esters is 1. The van der Waals surface area contributed by atoms with Crippen molar-refractivity contribution in [3.05, 3.63) is 60.8 Å². The molecule has 0 aliphatic carbocycles. The molecule has 0 bridgehead atoms. The average molecular weight is 682 g/mol. The molecule has 8 nitrogen and oxygen atoms in total. The molecule has 0 heterocycles. The van der Waals surface area contributed by atoms with Crippen LogP contribution in [-0.4, -0.2) is 49.9 Å². The molecule has 3 N–H and O–H groups in total. The van der Waals surface area contributed by atoms with Crippen LogP contribution in [0.25, 0.3) is 0 Å². The second kappa shape index (κ2) is 35.5. The van der Waals surface area contributed by atoms with E-state index in [4.69, 9.17) is 24.3 Å². The summed E-state index contributed by atoms with van der Waals surface area (Å²) in [4.78, 5) is 22.3. The lowest BCUT2D eigenvalue weighted by atomic mass is 10.1. The summed E-state index contributed by atoms with van der Waals surface area (Å²) >= 11 is 0. The molecule has 2 atom stereocenters. The Bertz CT molecular complexity index is 900. The van der Waals surface area contributed by atoms with Gasteiger partial charge in [-0.15, -0.1) is 0 Å². The number of rotatable bonds is 34. The van der Waals surface area contributed by atoms with E-state index >= 15 is 0 Å². The Hall–Kier alpha value is -1.80. The van der Waals surface area contributed by atoms with Crippen LogP contribution in [0.3, 0.4) is 0 Å². The molecule has 0 saturated carbocycles. The third kappa shape index (κ3) is 35.3. The van der Waals surface area contributed by atoms with Gasteiger partial charge in [0.1, 0.15) is 6.10 Å². The van der Waals surface area contributed by atoms with Crippen LogP contribution in [0.15, 0.2) is 60.8 Å². The van der Waals surface area contributed by atoms with Crippen LogP contribution in [-0.2, 0) is 27.9 Å². The molecule has 272 valence electrons. The molecule has 0 rings (SSSR count). The molecule has 0 fully saturated rings. The largest absolute Gasteiger partial charge is 0.472 e. The zero-order chi connectivity index (χ0) is 34.5. The molecule has 0 aromatic heterocycles. The summed E-state index contributed by atoms with van der Waals surface area (Å²) in [7, 11) is -4.27. The van der Waals surface area contributed by atoms with Gasteiger partial charge in [0, 0.05) is 19.6 Å². The summed E-state index contributed by atoms with van der Waals surface area (Å²) in [6, 6.07) is 0. The number of carbonyl (C=O) groups excluding carboxylic acids is 1. The van der Waals surface area contributed by atoms with Crippen molar-refractivity contribution in [2.75, 3.05) is 33.0 Å². The Labute approximate surface area is 287 Å². The summed E-state index contributed by atoms with van der Waals surface area (Å²) < 4.78 is 33.1. The predicted octanol–water partition coefficient (Wildman–Crippen LogP) is 10.2. The molecule has 47 heavy (non-hydrogen) atoms. The Morgan fingerprint density at radius 3 is 1.79 bits per heavy atom. The number of nitrogens with two attached hydrogens (primary N) is 1. The summed E-state index contributed by atoms with van der Waals surface area (Å²) in [6.45, 7) is 4.72. The Balaban J connectivity index is 4.08. The van der Waals surface area contributed by atoms with Crippen molar-refractivity contribution >= 4 is 13.8 Å². The molecule has 0 aromatic carbocycles. The molecule has 0 aliphatic heterocycles. The van der Waals surface area contributed by atoms with Crippen molar-refractivity contribution in [2.24, 2.45) is 5.73 Å². The lowest BCUT2D eigenvalue weighted by Gasteiger charge is -2.20. The highest BCUT2D eigenvalue weighted by atomic mass is 31.2. The van der Waals surface area contributed by atoms with Crippen molar-refractivity contribution in [3.63, 3.8) is 0 Å². The monoisotopic (exact) mass is 681 g/mol. The maximum Gasteiger partial charge on any atom is 0.472 e. The molecular weight excluding hydrogens is 613 g/mol. The van der Waals surface area contributed by atoms with Crippen LogP contribution in [0.2, 0.25) is 0 Å². The number of unbranched alkanes of at least 4 members (excludes halogenated alkanes) is 11. The van der Waals surface area contributed by atoms with E-state index in [0.29, 0.717) is 13.0 Å². The van der Waals surface area contributed by atoms with Gasteiger partial charge in [0.05, 0.1) is 19.8 Å². The van der Waals surface area contributed by atoms with Crippen molar-refractivity contribution in [1.29, 1.82) is 0 Å². The first kappa shape index (κ1) is 45.2. The van der Waals surface area contributed by atoms with Gasteiger partial charge in [0.2, 0.25) is 0 Å². The minimum absolute atomic E-state index is 0.0945. The van der Waals surface area contributed by atoms with Crippen molar-refractivity contribution < 1.29 is 32.8 Å². The first-order chi connectivity index (χ1) is 22.9. The van der Waals surface area contributed by atoms with E-state index < -0.39 is 13.9 Å². The molecule has 2 unspecified atom stereocenters. The van der Waals surface area contributed by atoms with E-state index in [-0.39, 0.29) is 32.3 Å². The quantitative estimate of drug-likeness (QED) is 0.0298. The fourth-order valence-electron chi connectivity index (χ4n) is 4.55. The van der Waals surface area contributed by atoms with E-state index in [0.717, 1.165) is 83.5 Å². The average Bonchev–Trinajstić information content (AvgIpc) is 3.06. The minimum atomic E-state index is -4.27. The van der Waals surface area contributed by atoms with Crippen LogP contribution in [0.1, 0.15) is 136 Å². The number of carbonyl (C=O) groups is 1. The van der Waals surface area contributed by atoms with E-state index in [1.807, 2.05) is 0 Å². The number of ether oxygens (including phenoxy) is 2. The smallest absolute Gasteiger partial charge is 0.457 e. The number of phosphoric acid groups is 1. The molecular formula is C38H68NO7P. The third-order valence-electron chi connectivity index (χ3n) is 7.20. The van der Waals surface area contributed by atoms with Gasteiger partial charge in [-0.25, -0.2) is 4.57 Å². The molecule has 0 aliphatic rings. The lowest BCUT2D eigenvalue weighted by molar-refractivity contribution is -0.154. The zero-order valence-corrected chi connectivity index (χ0v) is 30.6. The van der Waals surface area contributed by atoms with E-state index in [9.17, 15) is 14.3 Å². The highest BCUT2D eigenvalue weighted by molar-refractivity contribution is 7.47. The van der Waals surface area contributed by atoms with Gasteiger partial charge in [-0.05, 0) is 57.8 Å². The summed E-state index contributed by atoms with van der Waals surface area (Å²) in [6.07, 6.45) is 41.0. The molecule has 0 spiro atoms. The Morgan fingerprint density at radius 2 is 1.19 bits per heavy atom. The highest BCUT2D eigenvalue weighted by Crippen LogP contribution is 2.43. The van der Waals surface area contributed by atoms with E-state index in [1.165, 1.54) is 32.1 Å². The number of hydrogen-bond acceptors (Lipinski definition) is 7. The van der Waals surface area contributed by atoms with Crippen LogP contribution in [0.4, 0.5) is 0 Å². The van der Waals surface area contributed by atoms with Gasteiger partial charge in [-0.3, -0.25) is 13.8 Å². The van der Waals surface area contributed by atoms with Crippen LogP contribution < -0.4 is 5.73 Å². The van der Waals surface area contributed by atoms with E-state index in [1.54, 1.807) is 0 Å². The molecule has 0 amide bonds. The van der Waals surface area contributed by atoms with Gasteiger partial charge < -0.3 is 20.1 Å². The van der Waals surface area contributed by atoms with Crippen LogP contribution in [0, 0.1) is 0 Å². The molecule has 9 heteroatoms. The van der Waals surface area contributed by atoms with Gasteiger partial charge in [-0.1, -0.05) is 132 Å². The van der Waals surface area contributed by atoms with Gasteiger partial charge in [0.15, 0.2) is 0 Å². The first-order valence-corrected chi connectivity index (χ1v) is 19.8. The predicted molar refractivity (Wildman–Crippen MR) is 196 cm³/mol. The van der Waals surface area contributed by atoms with Gasteiger partial charge >= 0.3 is 13.8 Å². The summed E-state index contributed by atoms with van der Waals surface area (Å²) in [5.41, 5.74) is 5.33. The molecule has 0 radical (unpaired) electrons. The second-order valence-electron chi connectivity index (χ2n) is 11.7. The molecule has 0 aromatic rings. The number of hydrogen-bond donors (Lipinski definition) is 2. The fraction of sp³-hybridized carbons (Fsp3) is 0.711. The summed E-state index contributed by atoms with van der Waals surface area (Å²) in [5.74, 6) is -0.354. The van der Waals surface area contributed by atoms with Crippen molar-refractivity contribution in [2.45, 2.75) is 142 Å². The van der Waals surface area contributed by atoms with Crippen LogP contribution >= 0.6 is 7.82 Å². The first-order valence-electron chi connectivity index (χ1n) is 18.3. The minimum Gasteiger partial charge on any atom is -0.457 e. The molecule has 0 saturated heterocycles. The number of allylic oxidation sites excluding steroid dienone is 10. The van der Waals surface area contributed by atoms with Crippen molar-refractivity contribution in [1.82, 2.24) is 0 Å². The normalized spacial score (nSPS) is 14.4. The number of phosphoric ester groups is 1. The fourth-order valence-corrected chi connectivity index (χ4v) is 5.32. The Kier molecular flexibility index (Phi) is 34.1. The van der Waals surface area contributed by atoms with E-state index in [2.05, 4.69) is 74.6 Å².